The number of rotatable bonds is 8. The van der Waals surface area contributed by atoms with Gasteiger partial charge < -0.3 is 48.8 Å². The lowest BCUT2D eigenvalue weighted by molar-refractivity contribution is -0.288. The minimum Gasteiger partial charge on any atom is -0.506 e. The second kappa shape index (κ2) is 12.8. The summed E-state index contributed by atoms with van der Waals surface area (Å²) in [5, 5.41) is 41.1. The SMILES string of the molecule is C=Cc1c(OC2OC(COC(C)=O)C(OC(C)=O)C(OC(C)=O)C2OC(C)=O)c(O)c2c(O)c(Cl)c(Cl)c(O)c2c1O. The van der Waals surface area contributed by atoms with E-state index in [1.165, 1.54) is 0 Å². The molecule has 0 amide bonds. The van der Waals surface area contributed by atoms with Crippen molar-refractivity contribution in [1.82, 2.24) is 0 Å². The summed E-state index contributed by atoms with van der Waals surface area (Å²) >= 11 is 11.9. The molecule has 5 unspecified atom stereocenters. The Bertz CT molecular complexity index is 1460. The number of benzene rings is 2. The van der Waals surface area contributed by atoms with Crippen molar-refractivity contribution in [3.05, 3.63) is 22.2 Å². The van der Waals surface area contributed by atoms with Gasteiger partial charge in [-0.2, -0.15) is 0 Å². The number of carbonyl (C=O) groups excluding carboxylic acids is 4. The normalized spacial score (nSPS) is 21.7. The highest BCUT2D eigenvalue weighted by molar-refractivity contribution is 6.45. The van der Waals surface area contributed by atoms with E-state index in [1.807, 2.05) is 0 Å². The van der Waals surface area contributed by atoms with Gasteiger partial charge in [-0.1, -0.05) is 35.9 Å². The highest BCUT2D eigenvalue weighted by Crippen LogP contribution is 2.56. The van der Waals surface area contributed by atoms with Crippen molar-refractivity contribution in [2.75, 3.05) is 6.61 Å². The molecule has 2 aromatic rings. The third-order valence-corrected chi connectivity index (χ3v) is 6.74. The van der Waals surface area contributed by atoms with Gasteiger partial charge in [0.05, 0.1) is 16.3 Å². The number of hydrogen-bond acceptors (Lipinski definition) is 14. The first-order valence-electron chi connectivity index (χ1n) is 12.0. The van der Waals surface area contributed by atoms with Gasteiger partial charge in [0.15, 0.2) is 23.7 Å². The zero-order valence-electron chi connectivity index (χ0n) is 22.5. The van der Waals surface area contributed by atoms with Crippen LogP contribution in [0.2, 0.25) is 10.0 Å². The monoisotopic (exact) mass is 632 g/mol. The van der Waals surface area contributed by atoms with E-state index in [2.05, 4.69) is 6.58 Å². The summed E-state index contributed by atoms with van der Waals surface area (Å²) in [6.07, 6.45) is -7.01. The van der Waals surface area contributed by atoms with E-state index in [-0.39, 0.29) is 5.56 Å². The van der Waals surface area contributed by atoms with Crippen molar-refractivity contribution in [2.24, 2.45) is 0 Å². The lowest BCUT2D eigenvalue weighted by atomic mass is 9.97. The van der Waals surface area contributed by atoms with Crippen LogP contribution in [0.1, 0.15) is 33.3 Å². The predicted molar refractivity (Wildman–Crippen MR) is 143 cm³/mol. The van der Waals surface area contributed by atoms with Crippen LogP contribution in [0.4, 0.5) is 0 Å². The van der Waals surface area contributed by atoms with E-state index < -0.39 is 111 Å². The lowest BCUT2D eigenvalue weighted by Gasteiger charge is -2.44. The summed E-state index contributed by atoms with van der Waals surface area (Å²) < 4.78 is 32.7. The molecular formula is C26H26Cl2O14. The number of phenols is 4. The Morgan fingerprint density at radius 1 is 0.762 bits per heavy atom. The van der Waals surface area contributed by atoms with E-state index in [4.69, 9.17) is 51.6 Å². The van der Waals surface area contributed by atoms with Gasteiger partial charge in [0.1, 0.15) is 40.0 Å². The molecule has 3 rings (SSSR count). The van der Waals surface area contributed by atoms with Crippen LogP contribution in [0.3, 0.4) is 0 Å². The lowest BCUT2D eigenvalue weighted by Crippen LogP contribution is -2.63. The second-order valence-corrected chi connectivity index (χ2v) is 9.66. The van der Waals surface area contributed by atoms with Gasteiger partial charge in [-0.05, 0) is 0 Å². The first-order valence-corrected chi connectivity index (χ1v) is 12.8. The zero-order chi connectivity index (χ0) is 31.6. The summed E-state index contributed by atoms with van der Waals surface area (Å²) in [5.74, 6) is -7.37. The van der Waals surface area contributed by atoms with Crippen molar-refractivity contribution < 1.29 is 68.0 Å². The molecule has 1 aliphatic rings. The molecule has 1 saturated heterocycles. The number of fused-ring (bicyclic) bond motifs is 1. The Hall–Kier alpha value is -4.14. The van der Waals surface area contributed by atoms with Crippen molar-refractivity contribution in [3.63, 3.8) is 0 Å². The van der Waals surface area contributed by atoms with Crippen molar-refractivity contribution >= 4 is 63.9 Å². The number of phenolic OH excluding ortho intramolecular Hbond substituents is 4. The van der Waals surface area contributed by atoms with Crippen LogP contribution in [-0.2, 0) is 42.9 Å². The highest BCUT2D eigenvalue weighted by Gasteiger charge is 2.53. The summed E-state index contributed by atoms with van der Waals surface area (Å²) in [5.41, 5.74) is -0.360. The van der Waals surface area contributed by atoms with Crippen LogP contribution in [0.5, 0.6) is 28.7 Å². The van der Waals surface area contributed by atoms with Gasteiger partial charge in [-0.15, -0.1) is 0 Å². The number of esters is 4. The van der Waals surface area contributed by atoms with Gasteiger partial charge in [0.25, 0.3) is 0 Å². The van der Waals surface area contributed by atoms with Crippen molar-refractivity contribution in [1.29, 1.82) is 0 Å². The van der Waals surface area contributed by atoms with E-state index in [0.29, 0.717) is 0 Å². The standard InChI is InChI=1S/C26H26Cl2O14/c1-6-12-18(33)14-15(20(35)17(28)16(27)19(14)34)21(36)22(12)42-26-25(40-11(5)32)24(39-10(4)31)23(38-9(3)30)13(41-26)7-37-8(2)29/h6,13,23-26,33-36H,1,7H2,2-5H3. The Morgan fingerprint density at radius 2 is 1.24 bits per heavy atom. The summed E-state index contributed by atoms with van der Waals surface area (Å²) in [4.78, 5) is 47.6. The number of ether oxygens (including phenoxy) is 6. The van der Waals surface area contributed by atoms with Gasteiger partial charge in [-0.3, -0.25) is 19.2 Å². The maximum Gasteiger partial charge on any atom is 0.303 e. The molecule has 2 aromatic carbocycles. The fraction of sp³-hybridized carbons (Fsp3) is 0.385. The van der Waals surface area contributed by atoms with Crippen molar-refractivity contribution in [2.45, 2.75) is 58.4 Å². The quantitative estimate of drug-likeness (QED) is 0.187. The molecule has 1 heterocycles. The Morgan fingerprint density at radius 3 is 1.71 bits per heavy atom. The topological polar surface area (TPSA) is 205 Å². The zero-order valence-corrected chi connectivity index (χ0v) is 24.0. The minimum atomic E-state index is -1.83. The van der Waals surface area contributed by atoms with E-state index >= 15 is 0 Å². The number of halogens is 2. The molecule has 0 bridgehead atoms. The molecule has 4 N–H and O–H groups in total. The minimum absolute atomic E-state index is 0.360. The van der Waals surface area contributed by atoms with Crippen LogP contribution in [-0.4, -0.2) is 81.6 Å². The summed E-state index contributed by atoms with van der Waals surface area (Å²) in [7, 11) is 0. The molecule has 1 fully saturated rings. The van der Waals surface area contributed by atoms with E-state index in [9.17, 15) is 39.6 Å². The molecule has 0 radical (unpaired) electrons. The largest absolute Gasteiger partial charge is 0.506 e. The van der Waals surface area contributed by atoms with Gasteiger partial charge >= 0.3 is 23.9 Å². The number of aromatic hydroxyl groups is 4. The third kappa shape index (κ3) is 6.35. The molecule has 16 heteroatoms. The number of carbonyl (C=O) groups is 4. The number of hydrogen-bond donors (Lipinski definition) is 4. The summed E-state index contributed by atoms with van der Waals surface area (Å²) in [6.45, 7) is 7.15. The molecule has 42 heavy (non-hydrogen) atoms. The Labute approximate surface area is 247 Å². The first-order chi connectivity index (χ1) is 19.6. The Kier molecular flexibility index (Phi) is 9.86. The smallest absolute Gasteiger partial charge is 0.303 e. The van der Waals surface area contributed by atoms with E-state index in [1.54, 1.807) is 0 Å². The fourth-order valence-corrected chi connectivity index (χ4v) is 4.68. The molecule has 228 valence electrons. The highest BCUT2D eigenvalue weighted by atomic mass is 35.5. The first kappa shape index (κ1) is 32.4. The van der Waals surface area contributed by atoms with Crippen LogP contribution in [0.15, 0.2) is 6.58 Å². The van der Waals surface area contributed by atoms with Gasteiger partial charge in [0.2, 0.25) is 12.4 Å². The predicted octanol–water partition coefficient (Wildman–Crippen LogP) is 3.07. The molecule has 0 spiro atoms. The summed E-state index contributed by atoms with van der Waals surface area (Å²) in [6, 6.07) is 0. The molecule has 0 aromatic heterocycles. The van der Waals surface area contributed by atoms with E-state index in [0.717, 1.165) is 33.8 Å². The van der Waals surface area contributed by atoms with Crippen LogP contribution < -0.4 is 4.74 Å². The van der Waals surface area contributed by atoms with Gasteiger partial charge in [0, 0.05) is 27.7 Å². The third-order valence-electron chi connectivity index (χ3n) is 5.91. The second-order valence-electron chi connectivity index (χ2n) is 8.90. The molecule has 14 nitrogen and oxygen atoms in total. The maximum absolute atomic E-state index is 12.1. The Balaban J connectivity index is 2.26. The average Bonchev–Trinajstić information content (AvgIpc) is 2.89. The molecule has 0 aliphatic carbocycles. The molecule has 1 aliphatic heterocycles. The fourth-order valence-electron chi connectivity index (χ4n) is 4.32. The molecule has 0 saturated carbocycles. The molecular weight excluding hydrogens is 607 g/mol. The van der Waals surface area contributed by atoms with Crippen LogP contribution in [0, 0.1) is 0 Å². The maximum atomic E-state index is 12.1. The molecule has 5 atom stereocenters. The van der Waals surface area contributed by atoms with Crippen molar-refractivity contribution in [3.8, 4) is 28.7 Å². The average molecular weight is 633 g/mol. The van der Waals surface area contributed by atoms with Crippen LogP contribution in [0.25, 0.3) is 16.8 Å². The van der Waals surface area contributed by atoms with Crippen LogP contribution >= 0.6 is 23.2 Å². The van der Waals surface area contributed by atoms with Gasteiger partial charge in [-0.25, -0.2) is 0 Å².